The Hall–Kier alpha value is -1.16. The lowest BCUT2D eigenvalue weighted by Gasteiger charge is -2.27. The summed E-state index contributed by atoms with van der Waals surface area (Å²) in [6.45, 7) is 5.09. The molecule has 1 aliphatic rings. The lowest BCUT2D eigenvalue weighted by molar-refractivity contribution is -0.123. The fourth-order valence-electron chi connectivity index (χ4n) is 2.42. The normalized spacial score (nSPS) is 19.2. The molecule has 1 heterocycles. The average Bonchev–Trinajstić information content (AvgIpc) is 2.44. The molecule has 0 saturated heterocycles. The maximum atomic E-state index is 12.4. The lowest BCUT2D eigenvalue weighted by Crippen LogP contribution is -2.39. The standard InChI is InChI=1S/C15H22N2OS/c1-3-19-10-11(2)17-15(18)13-8-9-16-14-7-5-4-6-12(13)14/h4-7,11,13,16H,3,8-10H2,1-2H3,(H,17,18). The van der Waals surface area contributed by atoms with Crippen LogP contribution < -0.4 is 10.6 Å². The summed E-state index contributed by atoms with van der Waals surface area (Å²) >= 11 is 1.86. The molecule has 19 heavy (non-hydrogen) atoms. The van der Waals surface area contributed by atoms with E-state index in [4.69, 9.17) is 0 Å². The summed E-state index contributed by atoms with van der Waals surface area (Å²) in [5, 5.41) is 6.49. The molecule has 0 saturated carbocycles. The summed E-state index contributed by atoms with van der Waals surface area (Å²) in [5.41, 5.74) is 2.23. The number of nitrogens with one attached hydrogen (secondary N) is 2. The maximum absolute atomic E-state index is 12.4. The third-order valence-corrected chi connectivity index (χ3v) is 4.51. The van der Waals surface area contributed by atoms with Gasteiger partial charge in [-0.15, -0.1) is 0 Å². The first-order chi connectivity index (χ1) is 9.22. The highest BCUT2D eigenvalue weighted by molar-refractivity contribution is 7.99. The van der Waals surface area contributed by atoms with Crippen molar-refractivity contribution >= 4 is 23.4 Å². The Bertz CT molecular complexity index is 436. The van der Waals surface area contributed by atoms with Gasteiger partial charge in [0.05, 0.1) is 5.92 Å². The van der Waals surface area contributed by atoms with Gasteiger partial charge in [-0.25, -0.2) is 0 Å². The van der Waals surface area contributed by atoms with Gasteiger partial charge in [0.1, 0.15) is 0 Å². The molecule has 0 aliphatic carbocycles. The number of hydrogen-bond acceptors (Lipinski definition) is 3. The summed E-state index contributed by atoms with van der Waals surface area (Å²) in [4.78, 5) is 12.4. The van der Waals surface area contributed by atoms with Crippen LogP contribution in [0.15, 0.2) is 24.3 Å². The Morgan fingerprint density at radius 2 is 2.32 bits per heavy atom. The number of carbonyl (C=O) groups is 1. The predicted molar refractivity (Wildman–Crippen MR) is 82.9 cm³/mol. The van der Waals surface area contributed by atoms with E-state index in [2.05, 4.69) is 30.5 Å². The van der Waals surface area contributed by atoms with E-state index in [9.17, 15) is 4.79 Å². The third-order valence-electron chi connectivity index (χ3n) is 3.36. The minimum atomic E-state index is -0.00785. The van der Waals surface area contributed by atoms with E-state index in [1.165, 1.54) is 0 Å². The van der Waals surface area contributed by atoms with Gasteiger partial charge in [-0.05, 0) is 30.7 Å². The summed E-state index contributed by atoms with van der Waals surface area (Å²) in [6.07, 6.45) is 0.872. The highest BCUT2D eigenvalue weighted by atomic mass is 32.2. The van der Waals surface area contributed by atoms with Crippen molar-refractivity contribution in [3.05, 3.63) is 29.8 Å². The van der Waals surface area contributed by atoms with E-state index in [-0.39, 0.29) is 17.9 Å². The first kappa shape index (κ1) is 14.3. The Labute approximate surface area is 119 Å². The van der Waals surface area contributed by atoms with E-state index in [0.29, 0.717) is 0 Å². The zero-order valence-corrected chi connectivity index (χ0v) is 12.4. The molecule has 1 amide bonds. The Morgan fingerprint density at radius 1 is 1.53 bits per heavy atom. The van der Waals surface area contributed by atoms with Crippen LogP contribution in [0.1, 0.15) is 31.7 Å². The zero-order valence-electron chi connectivity index (χ0n) is 11.6. The largest absolute Gasteiger partial charge is 0.385 e. The molecule has 1 aromatic rings. The number of benzene rings is 1. The number of fused-ring (bicyclic) bond motifs is 1. The molecule has 4 heteroatoms. The number of anilines is 1. The smallest absolute Gasteiger partial charge is 0.227 e. The lowest BCUT2D eigenvalue weighted by atomic mass is 9.90. The van der Waals surface area contributed by atoms with Crippen LogP contribution in [0.3, 0.4) is 0 Å². The second kappa shape index (κ2) is 6.85. The Balaban J connectivity index is 2.00. The minimum Gasteiger partial charge on any atom is -0.385 e. The van der Waals surface area contributed by atoms with Gasteiger partial charge in [0.2, 0.25) is 5.91 Å². The minimum absolute atomic E-state index is 0.00785. The van der Waals surface area contributed by atoms with Crippen molar-refractivity contribution < 1.29 is 4.79 Å². The number of rotatable bonds is 5. The van der Waals surface area contributed by atoms with Crippen molar-refractivity contribution in [3.8, 4) is 0 Å². The SMILES string of the molecule is CCSCC(C)NC(=O)C1CCNc2ccccc21. The van der Waals surface area contributed by atoms with Crippen LogP contribution in [-0.2, 0) is 4.79 Å². The van der Waals surface area contributed by atoms with Crippen molar-refractivity contribution in [1.29, 1.82) is 0 Å². The van der Waals surface area contributed by atoms with Crippen LogP contribution in [0.2, 0.25) is 0 Å². The molecule has 0 aromatic heterocycles. The molecule has 2 unspecified atom stereocenters. The average molecular weight is 278 g/mol. The second-order valence-corrected chi connectivity index (χ2v) is 6.24. The van der Waals surface area contributed by atoms with Gasteiger partial charge >= 0.3 is 0 Å². The van der Waals surface area contributed by atoms with Gasteiger partial charge in [-0.1, -0.05) is 25.1 Å². The van der Waals surface area contributed by atoms with Crippen molar-refractivity contribution in [1.82, 2.24) is 5.32 Å². The van der Waals surface area contributed by atoms with Crippen molar-refractivity contribution in [2.75, 3.05) is 23.4 Å². The molecule has 0 spiro atoms. The summed E-state index contributed by atoms with van der Waals surface area (Å²) in [7, 11) is 0. The summed E-state index contributed by atoms with van der Waals surface area (Å²) in [6, 6.07) is 8.34. The fraction of sp³-hybridized carbons (Fsp3) is 0.533. The highest BCUT2D eigenvalue weighted by Gasteiger charge is 2.26. The van der Waals surface area contributed by atoms with E-state index >= 15 is 0 Å². The molecule has 0 radical (unpaired) electrons. The molecular weight excluding hydrogens is 256 g/mol. The van der Waals surface area contributed by atoms with E-state index in [0.717, 1.165) is 35.7 Å². The van der Waals surface area contributed by atoms with E-state index < -0.39 is 0 Å². The molecule has 1 aromatic carbocycles. The summed E-state index contributed by atoms with van der Waals surface area (Å²) in [5.74, 6) is 2.23. The Morgan fingerprint density at radius 3 is 3.11 bits per heavy atom. The van der Waals surface area contributed by atoms with E-state index in [1.807, 2.05) is 30.0 Å². The predicted octanol–water partition coefficient (Wildman–Crippen LogP) is 2.84. The Kier molecular flexibility index (Phi) is 5.14. The third kappa shape index (κ3) is 3.66. The van der Waals surface area contributed by atoms with Crippen molar-refractivity contribution in [3.63, 3.8) is 0 Å². The van der Waals surface area contributed by atoms with Crippen LogP contribution in [0.25, 0.3) is 0 Å². The van der Waals surface area contributed by atoms with Crippen LogP contribution in [0.5, 0.6) is 0 Å². The van der Waals surface area contributed by atoms with Gasteiger partial charge in [-0.3, -0.25) is 4.79 Å². The van der Waals surface area contributed by atoms with Gasteiger partial charge in [0, 0.05) is 24.0 Å². The highest BCUT2D eigenvalue weighted by Crippen LogP contribution is 2.31. The topological polar surface area (TPSA) is 41.1 Å². The number of carbonyl (C=O) groups excluding carboxylic acids is 1. The number of amides is 1. The maximum Gasteiger partial charge on any atom is 0.227 e. The molecule has 3 nitrogen and oxygen atoms in total. The molecule has 1 aliphatic heterocycles. The molecule has 0 bridgehead atoms. The quantitative estimate of drug-likeness (QED) is 0.870. The van der Waals surface area contributed by atoms with Crippen LogP contribution in [-0.4, -0.2) is 30.0 Å². The van der Waals surface area contributed by atoms with Gasteiger partial charge in [0.25, 0.3) is 0 Å². The molecule has 0 fully saturated rings. The second-order valence-electron chi connectivity index (χ2n) is 4.92. The van der Waals surface area contributed by atoms with E-state index in [1.54, 1.807) is 0 Å². The number of hydrogen-bond donors (Lipinski definition) is 2. The number of para-hydroxylation sites is 1. The van der Waals surface area contributed by atoms with Gasteiger partial charge < -0.3 is 10.6 Å². The molecule has 104 valence electrons. The van der Waals surface area contributed by atoms with Crippen molar-refractivity contribution in [2.24, 2.45) is 0 Å². The van der Waals surface area contributed by atoms with Gasteiger partial charge in [0.15, 0.2) is 0 Å². The first-order valence-electron chi connectivity index (χ1n) is 6.93. The monoisotopic (exact) mass is 278 g/mol. The number of thioether (sulfide) groups is 1. The van der Waals surface area contributed by atoms with Crippen LogP contribution in [0, 0.1) is 0 Å². The van der Waals surface area contributed by atoms with Gasteiger partial charge in [-0.2, -0.15) is 11.8 Å². The molecular formula is C15H22N2OS. The molecule has 2 N–H and O–H groups in total. The summed E-state index contributed by atoms with van der Waals surface area (Å²) < 4.78 is 0. The fourth-order valence-corrected chi connectivity index (χ4v) is 3.09. The first-order valence-corrected chi connectivity index (χ1v) is 8.08. The van der Waals surface area contributed by atoms with Crippen LogP contribution in [0.4, 0.5) is 5.69 Å². The zero-order chi connectivity index (χ0) is 13.7. The van der Waals surface area contributed by atoms with Crippen molar-refractivity contribution in [2.45, 2.75) is 32.2 Å². The van der Waals surface area contributed by atoms with Crippen LogP contribution >= 0.6 is 11.8 Å². The molecule has 2 atom stereocenters. The molecule has 2 rings (SSSR count).